The second-order valence-corrected chi connectivity index (χ2v) is 6.65. The summed E-state index contributed by atoms with van der Waals surface area (Å²) in [5.41, 5.74) is 3.04. The lowest BCUT2D eigenvalue weighted by molar-refractivity contribution is 0.137. The van der Waals surface area contributed by atoms with E-state index in [9.17, 15) is 0 Å². The molecule has 1 heteroatoms. The summed E-state index contributed by atoms with van der Waals surface area (Å²) in [5.74, 6) is 1.31. The Hall–Kier alpha value is -1.60. The lowest BCUT2D eigenvalue weighted by Gasteiger charge is -2.43. The van der Waals surface area contributed by atoms with E-state index in [1.807, 2.05) is 0 Å². The number of fused-ring (bicyclic) bond motifs is 2. The van der Waals surface area contributed by atoms with Gasteiger partial charge in [0.1, 0.15) is 0 Å². The Morgan fingerprint density at radius 2 is 1.43 bits per heavy atom. The molecule has 2 bridgehead atoms. The second-order valence-electron chi connectivity index (χ2n) is 6.65. The van der Waals surface area contributed by atoms with E-state index in [1.165, 1.54) is 30.4 Å². The summed E-state index contributed by atoms with van der Waals surface area (Å²) in [6.07, 6.45) is 4.02. The maximum absolute atomic E-state index is 2.65. The quantitative estimate of drug-likeness (QED) is 0.785. The number of likely N-dealkylation sites (N-methyl/N-ethyl adjacent to an activating group) is 1. The molecule has 0 radical (unpaired) electrons. The van der Waals surface area contributed by atoms with E-state index in [4.69, 9.17) is 0 Å². The highest BCUT2D eigenvalue weighted by atomic mass is 15.2. The van der Waals surface area contributed by atoms with Gasteiger partial charge in [0, 0.05) is 18.0 Å². The third kappa shape index (κ3) is 2.20. The van der Waals surface area contributed by atoms with E-state index in [-0.39, 0.29) is 0 Å². The number of piperidine rings is 1. The van der Waals surface area contributed by atoms with E-state index >= 15 is 0 Å². The van der Waals surface area contributed by atoms with Gasteiger partial charge in [-0.15, -0.1) is 0 Å². The minimum Gasteiger partial charge on any atom is -0.300 e. The van der Waals surface area contributed by atoms with Gasteiger partial charge in [-0.2, -0.15) is 0 Å². The first-order valence-electron chi connectivity index (χ1n) is 8.16. The van der Waals surface area contributed by atoms with Crippen molar-refractivity contribution in [2.45, 2.75) is 43.2 Å². The van der Waals surface area contributed by atoms with Crippen molar-refractivity contribution in [2.24, 2.45) is 0 Å². The highest BCUT2D eigenvalue weighted by Crippen LogP contribution is 2.50. The van der Waals surface area contributed by atoms with Crippen molar-refractivity contribution in [3.05, 3.63) is 71.8 Å². The fourth-order valence-electron chi connectivity index (χ4n) is 4.64. The van der Waals surface area contributed by atoms with Crippen LogP contribution < -0.4 is 0 Å². The molecule has 2 aliphatic rings. The Bertz CT molecular complexity index is 592. The van der Waals surface area contributed by atoms with E-state index in [0.717, 1.165) is 6.04 Å². The van der Waals surface area contributed by atoms with Crippen LogP contribution in [-0.2, 0) is 0 Å². The number of rotatable bonds is 2. The predicted octanol–water partition coefficient (Wildman–Crippen LogP) is 4.42. The molecule has 2 aromatic carbocycles. The minimum atomic E-state index is 0.636. The highest BCUT2D eigenvalue weighted by molar-refractivity contribution is 5.32. The number of nitrogens with zero attached hydrogens (tertiary/aromatic N) is 1. The number of hydrogen-bond donors (Lipinski definition) is 0. The van der Waals surface area contributed by atoms with Crippen molar-refractivity contribution in [1.82, 2.24) is 4.90 Å². The summed E-state index contributed by atoms with van der Waals surface area (Å²) in [4.78, 5) is 2.65. The van der Waals surface area contributed by atoms with Gasteiger partial charge in [-0.3, -0.25) is 4.90 Å². The summed E-state index contributed by atoms with van der Waals surface area (Å²) in [6.45, 7) is 0. The molecular weight excluding hydrogens is 254 g/mol. The Kier molecular flexibility index (Phi) is 3.31. The van der Waals surface area contributed by atoms with Crippen LogP contribution in [0.25, 0.3) is 0 Å². The van der Waals surface area contributed by atoms with Crippen LogP contribution in [-0.4, -0.2) is 24.0 Å². The molecule has 1 nitrogen and oxygen atoms in total. The fourth-order valence-corrected chi connectivity index (χ4v) is 4.64. The predicted molar refractivity (Wildman–Crippen MR) is 87.6 cm³/mol. The summed E-state index contributed by atoms with van der Waals surface area (Å²) in [7, 11) is 2.33. The van der Waals surface area contributed by atoms with Gasteiger partial charge in [0.15, 0.2) is 0 Å². The van der Waals surface area contributed by atoms with Gasteiger partial charge in [0.25, 0.3) is 0 Å². The summed E-state index contributed by atoms with van der Waals surface area (Å²) < 4.78 is 0. The zero-order valence-electron chi connectivity index (χ0n) is 12.7. The Morgan fingerprint density at radius 3 is 2.10 bits per heavy atom. The molecule has 4 rings (SSSR count). The van der Waals surface area contributed by atoms with E-state index in [2.05, 4.69) is 72.6 Å². The van der Waals surface area contributed by atoms with Gasteiger partial charge < -0.3 is 0 Å². The molecular formula is C20H23N. The molecule has 2 saturated heterocycles. The molecule has 2 fully saturated rings. The maximum atomic E-state index is 2.65. The standard InChI is InChI=1S/C20H23N/c1-21-17-12-13-19(21)20(16-10-6-3-7-11-16)18(14-17)15-8-4-2-5-9-15/h2-11,17-20H,12-14H2,1H3/t17-,18+,19?,20?/m1/s1. The lowest BCUT2D eigenvalue weighted by Crippen LogP contribution is -2.44. The Morgan fingerprint density at radius 1 is 0.810 bits per heavy atom. The van der Waals surface area contributed by atoms with Crippen molar-refractivity contribution in [3.8, 4) is 0 Å². The van der Waals surface area contributed by atoms with Crippen LogP contribution >= 0.6 is 0 Å². The van der Waals surface area contributed by atoms with Crippen LogP contribution in [0.2, 0.25) is 0 Å². The van der Waals surface area contributed by atoms with E-state index in [1.54, 1.807) is 0 Å². The third-order valence-corrected chi connectivity index (χ3v) is 5.68. The SMILES string of the molecule is CN1C2CC[C@@H]1C[C@@H](c1ccccc1)C2c1ccccc1. The maximum Gasteiger partial charge on any atom is 0.0170 e. The van der Waals surface area contributed by atoms with Crippen molar-refractivity contribution < 1.29 is 0 Å². The molecule has 108 valence electrons. The molecule has 2 unspecified atom stereocenters. The van der Waals surface area contributed by atoms with Crippen molar-refractivity contribution in [1.29, 1.82) is 0 Å². The summed E-state index contributed by atoms with van der Waals surface area (Å²) in [6, 6.07) is 23.8. The molecule has 4 atom stereocenters. The van der Waals surface area contributed by atoms with Gasteiger partial charge in [0.2, 0.25) is 0 Å². The van der Waals surface area contributed by atoms with Gasteiger partial charge in [0.05, 0.1) is 0 Å². The average molecular weight is 277 g/mol. The second kappa shape index (κ2) is 5.31. The molecule has 0 amide bonds. The molecule has 0 aliphatic carbocycles. The molecule has 2 heterocycles. The van der Waals surface area contributed by atoms with Crippen molar-refractivity contribution >= 4 is 0 Å². The molecule has 2 aromatic rings. The number of hydrogen-bond acceptors (Lipinski definition) is 1. The first kappa shape index (κ1) is 13.1. The van der Waals surface area contributed by atoms with Crippen molar-refractivity contribution in [3.63, 3.8) is 0 Å². The first-order chi connectivity index (χ1) is 10.3. The van der Waals surface area contributed by atoms with Crippen LogP contribution in [0.4, 0.5) is 0 Å². The highest BCUT2D eigenvalue weighted by Gasteiger charge is 2.46. The van der Waals surface area contributed by atoms with E-state index in [0.29, 0.717) is 17.9 Å². The minimum absolute atomic E-state index is 0.636. The normalized spacial score (nSPS) is 32.2. The smallest absolute Gasteiger partial charge is 0.0170 e. The van der Waals surface area contributed by atoms with Crippen LogP contribution in [0, 0.1) is 0 Å². The summed E-state index contributed by atoms with van der Waals surface area (Å²) >= 11 is 0. The van der Waals surface area contributed by atoms with Gasteiger partial charge in [-0.25, -0.2) is 0 Å². The summed E-state index contributed by atoms with van der Waals surface area (Å²) in [5, 5.41) is 0. The lowest BCUT2D eigenvalue weighted by atomic mass is 9.73. The van der Waals surface area contributed by atoms with Crippen LogP contribution in [0.1, 0.15) is 42.2 Å². The van der Waals surface area contributed by atoms with Crippen molar-refractivity contribution in [2.75, 3.05) is 7.05 Å². The largest absolute Gasteiger partial charge is 0.300 e. The average Bonchev–Trinajstić information content (AvgIpc) is 2.79. The molecule has 2 aliphatic heterocycles. The third-order valence-electron chi connectivity index (χ3n) is 5.68. The van der Waals surface area contributed by atoms with E-state index < -0.39 is 0 Å². The Balaban J connectivity index is 1.77. The van der Waals surface area contributed by atoms with Crippen LogP contribution in [0.3, 0.4) is 0 Å². The molecule has 0 saturated carbocycles. The Labute approximate surface area is 127 Å². The molecule has 0 aromatic heterocycles. The monoisotopic (exact) mass is 277 g/mol. The molecule has 0 N–H and O–H groups in total. The molecule has 21 heavy (non-hydrogen) atoms. The van der Waals surface area contributed by atoms with Gasteiger partial charge in [-0.1, -0.05) is 60.7 Å². The molecule has 0 spiro atoms. The first-order valence-corrected chi connectivity index (χ1v) is 8.16. The van der Waals surface area contributed by atoms with Gasteiger partial charge >= 0.3 is 0 Å². The number of benzene rings is 2. The zero-order chi connectivity index (χ0) is 14.2. The van der Waals surface area contributed by atoms with Gasteiger partial charge in [-0.05, 0) is 43.4 Å². The fraction of sp³-hybridized carbons (Fsp3) is 0.400. The van der Waals surface area contributed by atoms with Crippen LogP contribution in [0.5, 0.6) is 0 Å². The van der Waals surface area contributed by atoms with Crippen LogP contribution in [0.15, 0.2) is 60.7 Å². The topological polar surface area (TPSA) is 3.24 Å². The zero-order valence-corrected chi connectivity index (χ0v) is 12.7.